The first kappa shape index (κ1) is 17.8. The van der Waals surface area contributed by atoms with E-state index in [1.54, 1.807) is 6.20 Å². The van der Waals surface area contributed by atoms with Crippen molar-refractivity contribution in [3.8, 4) is 0 Å². The molecule has 0 aliphatic heterocycles. The van der Waals surface area contributed by atoms with Crippen LogP contribution in [0.1, 0.15) is 37.3 Å². The van der Waals surface area contributed by atoms with E-state index in [9.17, 15) is 4.79 Å². The monoisotopic (exact) mass is 379 g/mol. The highest BCUT2D eigenvalue weighted by atomic mass is 35.5. The number of amides is 2. The molecular weight excluding hydrogens is 358 g/mol. The number of urea groups is 1. The number of carbonyl (C=O) groups excluding carboxylic acids is 1. The van der Waals surface area contributed by atoms with Crippen LogP contribution in [0.25, 0.3) is 10.9 Å². The highest BCUT2D eigenvalue weighted by molar-refractivity contribution is 6.30. The standard InChI is InChI=1S/C22H22ClN3O/c23-18-11-3-9-17(14-18)20(15-6-1-2-7-15)26-22(27)25-19-12-4-8-16-10-5-13-24-21(16)19/h3-5,8-15,20H,1-2,6-7H2,(H2,25,26,27). The summed E-state index contributed by atoms with van der Waals surface area (Å²) >= 11 is 6.19. The van der Waals surface area contributed by atoms with E-state index in [1.165, 1.54) is 12.8 Å². The SMILES string of the molecule is O=C(Nc1cccc2cccnc12)NC(c1cccc(Cl)c1)C1CCCC1. The number of carbonyl (C=O) groups is 1. The van der Waals surface area contributed by atoms with Crippen molar-refractivity contribution in [3.05, 3.63) is 71.4 Å². The quantitative estimate of drug-likeness (QED) is 0.589. The van der Waals surface area contributed by atoms with Crippen LogP contribution in [0.2, 0.25) is 5.02 Å². The summed E-state index contributed by atoms with van der Waals surface area (Å²) in [6, 6.07) is 17.2. The van der Waals surface area contributed by atoms with Gasteiger partial charge in [-0.3, -0.25) is 4.98 Å². The molecule has 1 fully saturated rings. The third-order valence-electron chi connectivity index (χ3n) is 5.25. The summed E-state index contributed by atoms with van der Waals surface area (Å²) in [5.41, 5.74) is 2.55. The molecule has 1 atom stereocenters. The Labute approximate surface area is 164 Å². The highest BCUT2D eigenvalue weighted by Gasteiger charge is 2.28. The van der Waals surface area contributed by atoms with Gasteiger partial charge in [-0.25, -0.2) is 4.79 Å². The molecule has 0 bridgehead atoms. The second kappa shape index (κ2) is 7.97. The van der Waals surface area contributed by atoms with Crippen molar-refractivity contribution in [2.45, 2.75) is 31.7 Å². The third-order valence-corrected chi connectivity index (χ3v) is 5.48. The first-order valence-electron chi connectivity index (χ1n) is 9.37. The molecule has 4 nitrogen and oxygen atoms in total. The molecule has 1 unspecified atom stereocenters. The van der Waals surface area contributed by atoms with Gasteiger partial charge in [-0.2, -0.15) is 0 Å². The Kier molecular flexibility index (Phi) is 5.26. The zero-order valence-electron chi connectivity index (χ0n) is 15.0. The molecule has 4 rings (SSSR count). The van der Waals surface area contributed by atoms with Gasteiger partial charge in [0.1, 0.15) is 0 Å². The first-order chi connectivity index (χ1) is 13.2. The van der Waals surface area contributed by atoms with Crippen molar-refractivity contribution in [2.75, 3.05) is 5.32 Å². The molecule has 138 valence electrons. The molecule has 2 aromatic carbocycles. The zero-order chi connectivity index (χ0) is 18.6. The number of para-hydroxylation sites is 1. The molecule has 2 N–H and O–H groups in total. The zero-order valence-corrected chi connectivity index (χ0v) is 15.7. The van der Waals surface area contributed by atoms with E-state index in [1.807, 2.05) is 54.6 Å². The van der Waals surface area contributed by atoms with Crippen molar-refractivity contribution in [3.63, 3.8) is 0 Å². The first-order valence-corrected chi connectivity index (χ1v) is 9.75. The summed E-state index contributed by atoms with van der Waals surface area (Å²) in [6.07, 6.45) is 6.38. The number of halogens is 1. The molecule has 3 aromatic rings. The minimum Gasteiger partial charge on any atom is -0.331 e. The van der Waals surface area contributed by atoms with Crippen molar-refractivity contribution >= 4 is 34.2 Å². The summed E-state index contributed by atoms with van der Waals surface area (Å²) in [4.78, 5) is 17.2. The van der Waals surface area contributed by atoms with Crippen LogP contribution < -0.4 is 10.6 Å². The average molecular weight is 380 g/mol. The van der Waals surface area contributed by atoms with Gasteiger partial charge in [0, 0.05) is 16.6 Å². The maximum Gasteiger partial charge on any atom is 0.319 e. The van der Waals surface area contributed by atoms with Crippen LogP contribution in [-0.2, 0) is 0 Å². The molecule has 0 spiro atoms. The van der Waals surface area contributed by atoms with Gasteiger partial charge in [-0.1, -0.05) is 54.8 Å². The summed E-state index contributed by atoms with van der Waals surface area (Å²) in [6.45, 7) is 0. The summed E-state index contributed by atoms with van der Waals surface area (Å²) in [5, 5.41) is 7.85. The average Bonchev–Trinajstić information content (AvgIpc) is 3.21. The molecule has 1 saturated carbocycles. The number of hydrogen-bond donors (Lipinski definition) is 2. The van der Waals surface area contributed by atoms with Gasteiger partial charge < -0.3 is 10.6 Å². The van der Waals surface area contributed by atoms with Crippen LogP contribution in [-0.4, -0.2) is 11.0 Å². The molecule has 1 aliphatic carbocycles. The highest BCUT2D eigenvalue weighted by Crippen LogP contribution is 2.36. The lowest BCUT2D eigenvalue weighted by Crippen LogP contribution is -2.36. The smallest absolute Gasteiger partial charge is 0.319 e. The molecule has 0 radical (unpaired) electrons. The van der Waals surface area contributed by atoms with Crippen molar-refractivity contribution < 1.29 is 4.79 Å². The summed E-state index contributed by atoms with van der Waals surface area (Å²) in [7, 11) is 0. The number of nitrogens with zero attached hydrogens (tertiary/aromatic N) is 1. The molecule has 2 amide bonds. The number of nitrogens with one attached hydrogen (secondary N) is 2. The fraction of sp³-hybridized carbons (Fsp3) is 0.273. The van der Waals surface area contributed by atoms with Crippen LogP contribution in [0.5, 0.6) is 0 Å². The second-order valence-corrected chi connectivity index (χ2v) is 7.49. The Hall–Kier alpha value is -2.59. The number of pyridine rings is 1. The largest absolute Gasteiger partial charge is 0.331 e. The van der Waals surface area contributed by atoms with Gasteiger partial charge in [0.05, 0.1) is 17.2 Å². The van der Waals surface area contributed by atoms with E-state index in [4.69, 9.17) is 11.6 Å². The van der Waals surface area contributed by atoms with Gasteiger partial charge in [0.2, 0.25) is 0 Å². The van der Waals surface area contributed by atoms with E-state index in [-0.39, 0.29) is 12.1 Å². The van der Waals surface area contributed by atoms with Crippen LogP contribution in [0.15, 0.2) is 60.8 Å². The Balaban J connectivity index is 1.56. The topological polar surface area (TPSA) is 54.0 Å². The van der Waals surface area contributed by atoms with Gasteiger partial charge in [-0.15, -0.1) is 0 Å². The van der Waals surface area contributed by atoms with Crippen LogP contribution in [0, 0.1) is 5.92 Å². The van der Waals surface area contributed by atoms with Crippen molar-refractivity contribution in [1.29, 1.82) is 0 Å². The van der Waals surface area contributed by atoms with E-state index in [2.05, 4.69) is 15.6 Å². The van der Waals surface area contributed by atoms with Crippen molar-refractivity contribution in [1.82, 2.24) is 10.3 Å². The molecule has 5 heteroatoms. The van der Waals surface area contributed by atoms with E-state index in [0.717, 1.165) is 29.3 Å². The van der Waals surface area contributed by atoms with Gasteiger partial charge in [-0.05, 0) is 48.6 Å². The van der Waals surface area contributed by atoms with Gasteiger partial charge in [0.15, 0.2) is 0 Å². The van der Waals surface area contributed by atoms with Crippen LogP contribution in [0.3, 0.4) is 0 Å². The molecule has 1 aliphatic rings. The lowest BCUT2D eigenvalue weighted by Gasteiger charge is -2.25. The number of hydrogen-bond acceptors (Lipinski definition) is 2. The number of rotatable bonds is 4. The number of benzene rings is 2. The normalized spacial score (nSPS) is 15.6. The predicted octanol–water partition coefficient (Wildman–Crippen LogP) is 5.94. The molecule has 1 heterocycles. The Morgan fingerprint density at radius 3 is 2.67 bits per heavy atom. The van der Waals surface area contributed by atoms with E-state index < -0.39 is 0 Å². The number of aromatic nitrogens is 1. The minimum atomic E-state index is -0.218. The number of anilines is 1. The van der Waals surface area contributed by atoms with Gasteiger partial charge in [0.25, 0.3) is 0 Å². The van der Waals surface area contributed by atoms with Crippen LogP contribution in [0.4, 0.5) is 10.5 Å². The maximum absolute atomic E-state index is 12.8. The second-order valence-electron chi connectivity index (χ2n) is 7.06. The lowest BCUT2D eigenvalue weighted by atomic mass is 9.92. The summed E-state index contributed by atoms with van der Waals surface area (Å²) in [5.74, 6) is 0.430. The van der Waals surface area contributed by atoms with Crippen LogP contribution >= 0.6 is 11.6 Å². The summed E-state index contributed by atoms with van der Waals surface area (Å²) < 4.78 is 0. The number of fused-ring (bicyclic) bond motifs is 1. The molecule has 0 saturated heterocycles. The van der Waals surface area contributed by atoms with Gasteiger partial charge >= 0.3 is 6.03 Å². The fourth-order valence-electron chi connectivity index (χ4n) is 3.97. The van der Waals surface area contributed by atoms with E-state index in [0.29, 0.717) is 16.6 Å². The molecule has 1 aromatic heterocycles. The predicted molar refractivity (Wildman–Crippen MR) is 110 cm³/mol. The lowest BCUT2D eigenvalue weighted by molar-refractivity contribution is 0.242. The Morgan fingerprint density at radius 1 is 1.07 bits per heavy atom. The fourth-order valence-corrected chi connectivity index (χ4v) is 4.17. The van der Waals surface area contributed by atoms with Crippen molar-refractivity contribution in [2.24, 2.45) is 5.92 Å². The Morgan fingerprint density at radius 2 is 1.85 bits per heavy atom. The minimum absolute atomic E-state index is 0.0471. The van der Waals surface area contributed by atoms with E-state index >= 15 is 0 Å². The molecule has 27 heavy (non-hydrogen) atoms. The Bertz CT molecular complexity index is 948. The maximum atomic E-state index is 12.8. The third kappa shape index (κ3) is 4.06. The molecular formula is C22H22ClN3O.